The molecule has 0 bridgehead atoms. The van der Waals surface area contributed by atoms with Crippen molar-refractivity contribution >= 4 is 11.6 Å². The summed E-state index contributed by atoms with van der Waals surface area (Å²) in [6.07, 6.45) is 2.64. The van der Waals surface area contributed by atoms with Crippen molar-refractivity contribution in [2.75, 3.05) is 13.2 Å². The van der Waals surface area contributed by atoms with Crippen LogP contribution < -0.4 is 9.47 Å². The van der Waals surface area contributed by atoms with Crippen LogP contribution in [0.3, 0.4) is 0 Å². The van der Waals surface area contributed by atoms with Gasteiger partial charge in [0.1, 0.15) is 0 Å². The maximum atomic E-state index is 6.60. The number of hydrogen-bond donors (Lipinski definition) is 0. The highest BCUT2D eigenvalue weighted by atomic mass is 35.5. The van der Waals surface area contributed by atoms with E-state index in [-0.39, 0.29) is 5.38 Å². The second-order valence-corrected chi connectivity index (χ2v) is 5.64. The summed E-state index contributed by atoms with van der Waals surface area (Å²) in [7, 11) is 0. The van der Waals surface area contributed by atoms with Crippen LogP contribution in [0.1, 0.15) is 44.6 Å². The number of halogens is 1. The van der Waals surface area contributed by atoms with Crippen LogP contribution in [0.15, 0.2) is 18.2 Å². The first kappa shape index (κ1) is 14.5. The zero-order valence-electron chi connectivity index (χ0n) is 12.0. The average Bonchev–Trinajstić information content (AvgIpc) is 3.24. The van der Waals surface area contributed by atoms with Crippen molar-refractivity contribution in [3.05, 3.63) is 23.8 Å². The van der Waals surface area contributed by atoms with Crippen LogP contribution in [-0.4, -0.2) is 13.2 Å². The Bertz CT molecular complexity index is 415. The summed E-state index contributed by atoms with van der Waals surface area (Å²) in [5.41, 5.74) is 1.13. The summed E-state index contributed by atoms with van der Waals surface area (Å²) in [6.45, 7) is 7.47. The van der Waals surface area contributed by atoms with Gasteiger partial charge in [0.25, 0.3) is 0 Å². The molecule has 1 aromatic rings. The number of rotatable bonds is 7. The fourth-order valence-electron chi connectivity index (χ4n) is 2.40. The Morgan fingerprint density at radius 3 is 2.37 bits per heavy atom. The highest BCUT2D eigenvalue weighted by Crippen LogP contribution is 2.46. The lowest BCUT2D eigenvalue weighted by molar-refractivity contribution is 0.287. The van der Waals surface area contributed by atoms with Crippen molar-refractivity contribution in [3.63, 3.8) is 0 Å². The van der Waals surface area contributed by atoms with Crippen molar-refractivity contribution in [1.82, 2.24) is 0 Å². The number of benzene rings is 1. The van der Waals surface area contributed by atoms with E-state index in [9.17, 15) is 0 Å². The second kappa shape index (κ2) is 6.51. The minimum absolute atomic E-state index is 0.0578. The van der Waals surface area contributed by atoms with Crippen LogP contribution in [0.5, 0.6) is 11.5 Å². The molecule has 1 saturated carbocycles. The van der Waals surface area contributed by atoms with Crippen molar-refractivity contribution < 1.29 is 9.47 Å². The van der Waals surface area contributed by atoms with Gasteiger partial charge in [0.05, 0.1) is 18.6 Å². The number of hydrogen-bond acceptors (Lipinski definition) is 2. The lowest BCUT2D eigenvalue weighted by Gasteiger charge is -2.19. The molecule has 2 rings (SSSR count). The highest BCUT2D eigenvalue weighted by Gasteiger charge is 2.33. The molecule has 1 aliphatic carbocycles. The van der Waals surface area contributed by atoms with Crippen LogP contribution in [0.2, 0.25) is 0 Å². The first-order chi connectivity index (χ1) is 9.17. The van der Waals surface area contributed by atoms with Gasteiger partial charge in [0.15, 0.2) is 11.5 Å². The van der Waals surface area contributed by atoms with Crippen LogP contribution in [-0.2, 0) is 0 Å². The van der Waals surface area contributed by atoms with Crippen LogP contribution in [0.4, 0.5) is 0 Å². The molecule has 1 aliphatic rings. The van der Waals surface area contributed by atoms with Crippen LogP contribution in [0, 0.1) is 11.8 Å². The molecule has 0 aliphatic heterocycles. The van der Waals surface area contributed by atoms with Gasteiger partial charge in [-0.1, -0.05) is 13.0 Å². The van der Waals surface area contributed by atoms with Gasteiger partial charge >= 0.3 is 0 Å². The van der Waals surface area contributed by atoms with Crippen molar-refractivity contribution in [1.29, 1.82) is 0 Å². The van der Waals surface area contributed by atoms with Gasteiger partial charge < -0.3 is 9.47 Å². The molecule has 0 radical (unpaired) electrons. The predicted molar refractivity (Wildman–Crippen MR) is 79.3 cm³/mol. The van der Waals surface area contributed by atoms with Crippen LogP contribution in [0.25, 0.3) is 0 Å². The zero-order chi connectivity index (χ0) is 13.8. The average molecular weight is 283 g/mol. The van der Waals surface area contributed by atoms with E-state index in [0.717, 1.165) is 23.0 Å². The van der Waals surface area contributed by atoms with Crippen LogP contribution >= 0.6 is 11.6 Å². The summed E-state index contributed by atoms with van der Waals surface area (Å²) in [5.74, 6) is 2.92. The molecule has 3 heteroatoms. The molecule has 0 spiro atoms. The number of alkyl halides is 1. The summed E-state index contributed by atoms with van der Waals surface area (Å²) in [4.78, 5) is 0. The Balaban J connectivity index is 2.18. The summed E-state index contributed by atoms with van der Waals surface area (Å²) in [6, 6.07) is 6.06. The summed E-state index contributed by atoms with van der Waals surface area (Å²) in [5, 5.41) is 0.0578. The molecule has 0 N–H and O–H groups in total. The molecule has 2 nitrogen and oxygen atoms in total. The number of ether oxygens (including phenoxy) is 2. The lowest BCUT2D eigenvalue weighted by Crippen LogP contribution is -2.07. The van der Waals surface area contributed by atoms with E-state index in [2.05, 4.69) is 13.0 Å². The molecular weight excluding hydrogens is 260 g/mol. The molecule has 0 amide bonds. The summed E-state index contributed by atoms with van der Waals surface area (Å²) < 4.78 is 11.2. The fourth-order valence-corrected chi connectivity index (χ4v) is 2.75. The third kappa shape index (κ3) is 3.56. The maximum absolute atomic E-state index is 6.60. The molecule has 19 heavy (non-hydrogen) atoms. The minimum Gasteiger partial charge on any atom is -0.490 e. The van der Waals surface area contributed by atoms with E-state index in [4.69, 9.17) is 21.1 Å². The van der Waals surface area contributed by atoms with E-state index in [1.54, 1.807) is 0 Å². The van der Waals surface area contributed by atoms with Gasteiger partial charge in [-0.3, -0.25) is 0 Å². The van der Waals surface area contributed by atoms with Gasteiger partial charge in [-0.2, -0.15) is 0 Å². The van der Waals surface area contributed by atoms with Gasteiger partial charge in [-0.25, -0.2) is 0 Å². The molecule has 2 atom stereocenters. The van der Waals surface area contributed by atoms with E-state index >= 15 is 0 Å². The maximum Gasteiger partial charge on any atom is 0.161 e. The molecule has 0 heterocycles. The summed E-state index contributed by atoms with van der Waals surface area (Å²) >= 11 is 6.60. The van der Waals surface area contributed by atoms with Gasteiger partial charge in [0, 0.05) is 0 Å². The Labute approximate surface area is 121 Å². The smallest absolute Gasteiger partial charge is 0.161 e. The Kier molecular flexibility index (Phi) is 4.98. The Morgan fingerprint density at radius 2 is 1.79 bits per heavy atom. The van der Waals surface area contributed by atoms with Gasteiger partial charge in [0.2, 0.25) is 0 Å². The normalized spacial score (nSPS) is 17.9. The van der Waals surface area contributed by atoms with E-state index in [0.29, 0.717) is 19.1 Å². The molecule has 1 fully saturated rings. The molecule has 1 aromatic carbocycles. The van der Waals surface area contributed by atoms with Gasteiger partial charge in [-0.15, -0.1) is 11.6 Å². The third-order valence-electron chi connectivity index (χ3n) is 3.71. The van der Waals surface area contributed by atoms with E-state index in [1.165, 1.54) is 12.8 Å². The predicted octanol–water partition coefficient (Wildman–Crippen LogP) is 4.81. The van der Waals surface area contributed by atoms with Crippen molar-refractivity contribution in [2.24, 2.45) is 11.8 Å². The first-order valence-corrected chi connectivity index (χ1v) is 7.64. The topological polar surface area (TPSA) is 18.5 Å². The molecular formula is C16H23ClO2. The van der Waals surface area contributed by atoms with Crippen molar-refractivity contribution in [2.45, 2.75) is 39.0 Å². The highest BCUT2D eigenvalue weighted by molar-refractivity contribution is 6.21. The Morgan fingerprint density at radius 1 is 1.16 bits per heavy atom. The monoisotopic (exact) mass is 282 g/mol. The lowest BCUT2D eigenvalue weighted by atomic mass is 9.96. The van der Waals surface area contributed by atoms with Gasteiger partial charge in [-0.05, 0) is 56.2 Å². The first-order valence-electron chi connectivity index (χ1n) is 7.21. The SMILES string of the molecule is CCOc1ccc(C(Cl)C(C)C2CC2)cc1OCC. The minimum atomic E-state index is 0.0578. The molecule has 0 aromatic heterocycles. The molecule has 106 valence electrons. The molecule has 2 unspecified atom stereocenters. The van der Waals surface area contributed by atoms with E-state index < -0.39 is 0 Å². The largest absolute Gasteiger partial charge is 0.490 e. The van der Waals surface area contributed by atoms with Crippen molar-refractivity contribution in [3.8, 4) is 11.5 Å². The quantitative estimate of drug-likeness (QED) is 0.668. The zero-order valence-corrected chi connectivity index (χ0v) is 12.7. The Hall–Kier alpha value is -0.890. The van der Waals surface area contributed by atoms with E-state index in [1.807, 2.05) is 26.0 Å². The fraction of sp³-hybridized carbons (Fsp3) is 0.625. The molecule has 0 saturated heterocycles. The standard InChI is InChI=1S/C16H23ClO2/c1-4-18-14-9-8-13(10-15(14)19-5-2)16(17)11(3)12-6-7-12/h8-12,16H,4-7H2,1-3H3. The third-order valence-corrected chi connectivity index (χ3v) is 4.36. The second-order valence-electron chi connectivity index (χ2n) is 5.17.